The van der Waals surface area contributed by atoms with Crippen LogP contribution < -0.4 is 0 Å². The Bertz CT molecular complexity index is 1350. The summed E-state index contributed by atoms with van der Waals surface area (Å²) in [4.78, 5) is 23.9. The molecule has 0 bridgehead atoms. The summed E-state index contributed by atoms with van der Waals surface area (Å²) < 4.78 is 0. The number of hydrogen-bond acceptors (Lipinski definition) is 5. The molecule has 6 rings (SSSR count). The summed E-state index contributed by atoms with van der Waals surface area (Å²) in [5.74, 6) is 0.122. The Morgan fingerprint density at radius 1 is 0.387 bits per heavy atom. The molecule has 2 aliphatic carbocycles. The molecule has 3 N–H and O–H groups in total. The highest BCUT2D eigenvalue weighted by molar-refractivity contribution is 6.22. The van der Waals surface area contributed by atoms with E-state index < -0.39 is 0 Å². The van der Waals surface area contributed by atoms with Gasteiger partial charge in [-0.15, -0.1) is 0 Å². The van der Waals surface area contributed by atoms with Gasteiger partial charge in [-0.05, 0) is 76.9 Å². The molecule has 5 nitrogen and oxygen atoms in total. The summed E-state index contributed by atoms with van der Waals surface area (Å²) in [6.45, 7) is 0. The van der Waals surface area contributed by atoms with Crippen LogP contribution >= 0.6 is 0 Å². The van der Waals surface area contributed by atoms with E-state index in [9.17, 15) is 24.9 Å². The first-order valence-electron chi connectivity index (χ1n) is 9.62. The molecule has 31 heavy (non-hydrogen) atoms. The minimum Gasteiger partial charge on any atom is -0.508 e. The van der Waals surface area contributed by atoms with E-state index in [1.807, 2.05) is 24.3 Å². The minimum atomic E-state index is -0.156. The molecule has 4 aromatic carbocycles. The van der Waals surface area contributed by atoms with Gasteiger partial charge in [-0.1, -0.05) is 24.3 Å². The quantitative estimate of drug-likeness (QED) is 0.332. The predicted octanol–water partition coefficient (Wildman–Crippen LogP) is 4.91. The van der Waals surface area contributed by atoms with Crippen molar-refractivity contribution < 1.29 is 24.9 Å². The molecule has 0 radical (unpaired) electrons. The van der Waals surface area contributed by atoms with Crippen LogP contribution in [0.15, 0.2) is 78.9 Å². The summed E-state index contributed by atoms with van der Waals surface area (Å²) in [7, 11) is 0. The zero-order valence-corrected chi connectivity index (χ0v) is 16.2. The Balaban J connectivity index is 0.000000132. The van der Waals surface area contributed by atoms with E-state index in [2.05, 4.69) is 0 Å². The second kappa shape index (κ2) is 6.85. The molecule has 0 unspecified atom stereocenters. The van der Waals surface area contributed by atoms with Crippen molar-refractivity contribution in [2.45, 2.75) is 0 Å². The molecule has 0 atom stereocenters. The van der Waals surface area contributed by atoms with Crippen LogP contribution in [0.25, 0.3) is 22.3 Å². The summed E-state index contributed by atoms with van der Waals surface area (Å²) in [6, 6.07) is 21.9. The van der Waals surface area contributed by atoms with Crippen LogP contribution in [0.1, 0.15) is 31.8 Å². The third-order valence-electron chi connectivity index (χ3n) is 5.50. The average molecular weight is 408 g/mol. The molecule has 0 aromatic heterocycles. The zero-order valence-electron chi connectivity index (χ0n) is 16.2. The topological polar surface area (TPSA) is 94.8 Å². The standard InChI is InChI=1S/C13H8O3.C13H8O2/c14-7-1-3-9-10-4-2-8(15)6-12(10)13(16)11(9)5-7;14-8-5-6-10-9-3-1-2-4-11(9)13(15)12(10)7-8/h1-6,14-15H;1-7,14H. The Morgan fingerprint density at radius 3 is 1.13 bits per heavy atom. The lowest BCUT2D eigenvalue weighted by atomic mass is 10.1. The second-order valence-electron chi connectivity index (χ2n) is 7.39. The number of carbonyl (C=O) groups excluding carboxylic acids is 2. The summed E-state index contributed by atoms with van der Waals surface area (Å²) in [6.07, 6.45) is 0. The highest BCUT2D eigenvalue weighted by Gasteiger charge is 2.27. The van der Waals surface area contributed by atoms with Crippen molar-refractivity contribution in [2.75, 3.05) is 0 Å². The molecule has 0 fully saturated rings. The van der Waals surface area contributed by atoms with Crippen molar-refractivity contribution >= 4 is 11.6 Å². The molecule has 0 spiro atoms. The molecule has 4 aromatic rings. The number of phenols is 3. The first kappa shape index (κ1) is 18.6. The number of hydrogen-bond donors (Lipinski definition) is 3. The SMILES string of the molecule is O=C1c2cc(O)ccc2-c2ccc(O)cc21.O=C1c2ccccc2-c2ccc(O)cc21. The first-order chi connectivity index (χ1) is 14.9. The summed E-state index contributed by atoms with van der Waals surface area (Å²) >= 11 is 0. The molecular weight excluding hydrogens is 392 g/mol. The van der Waals surface area contributed by atoms with Crippen LogP contribution in [0.3, 0.4) is 0 Å². The van der Waals surface area contributed by atoms with Crippen LogP contribution in [0, 0.1) is 0 Å². The van der Waals surface area contributed by atoms with Crippen LogP contribution in [-0.2, 0) is 0 Å². The highest BCUT2D eigenvalue weighted by atomic mass is 16.3. The van der Waals surface area contributed by atoms with Gasteiger partial charge in [0.2, 0.25) is 0 Å². The molecule has 2 aliphatic rings. The maximum atomic E-state index is 12.0. The Hall–Kier alpha value is -4.38. The van der Waals surface area contributed by atoms with Crippen molar-refractivity contribution in [3.63, 3.8) is 0 Å². The summed E-state index contributed by atoms with van der Waals surface area (Å²) in [5.41, 5.74) is 5.76. The molecule has 0 aliphatic heterocycles. The summed E-state index contributed by atoms with van der Waals surface area (Å²) in [5, 5.41) is 28.0. The van der Waals surface area contributed by atoms with E-state index >= 15 is 0 Å². The van der Waals surface area contributed by atoms with Gasteiger partial charge in [0.05, 0.1) is 0 Å². The molecule has 0 amide bonds. The number of rotatable bonds is 0. The number of phenolic OH excluding ortho intramolecular Hbond substituents is 3. The molecule has 0 heterocycles. The Morgan fingerprint density at radius 2 is 0.710 bits per heavy atom. The molecule has 150 valence electrons. The smallest absolute Gasteiger partial charge is 0.194 e. The average Bonchev–Trinajstić information content (AvgIpc) is 3.20. The number of benzene rings is 4. The highest BCUT2D eigenvalue weighted by Crippen LogP contribution is 2.39. The lowest BCUT2D eigenvalue weighted by molar-refractivity contribution is 0.103. The van der Waals surface area contributed by atoms with E-state index in [0.717, 1.165) is 27.8 Å². The molecule has 5 heteroatoms. The van der Waals surface area contributed by atoms with Crippen LogP contribution in [0.2, 0.25) is 0 Å². The van der Waals surface area contributed by atoms with E-state index in [1.165, 1.54) is 18.2 Å². The second-order valence-corrected chi connectivity index (χ2v) is 7.39. The van der Waals surface area contributed by atoms with Crippen LogP contribution in [0.5, 0.6) is 17.2 Å². The van der Waals surface area contributed by atoms with Crippen molar-refractivity contribution in [1.82, 2.24) is 0 Å². The van der Waals surface area contributed by atoms with Gasteiger partial charge in [-0.2, -0.15) is 0 Å². The normalized spacial score (nSPS) is 12.4. The van der Waals surface area contributed by atoms with Gasteiger partial charge in [0, 0.05) is 22.3 Å². The maximum absolute atomic E-state index is 12.0. The van der Waals surface area contributed by atoms with Crippen LogP contribution in [0.4, 0.5) is 0 Å². The third kappa shape index (κ3) is 2.95. The molecule has 0 saturated carbocycles. The lowest BCUT2D eigenvalue weighted by Gasteiger charge is -1.99. The Labute approximate surface area is 177 Å². The zero-order chi connectivity index (χ0) is 21.7. The Kier molecular flexibility index (Phi) is 4.12. The van der Waals surface area contributed by atoms with Crippen molar-refractivity contribution in [3.8, 4) is 39.5 Å². The lowest BCUT2D eigenvalue weighted by Crippen LogP contribution is -1.94. The number of ketones is 2. The number of fused-ring (bicyclic) bond motifs is 6. The van der Waals surface area contributed by atoms with Crippen molar-refractivity contribution in [3.05, 3.63) is 101 Å². The van der Waals surface area contributed by atoms with Gasteiger partial charge in [-0.25, -0.2) is 0 Å². The predicted molar refractivity (Wildman–Crippen MR) is 116 cm³/mol. The largest absolute Gasteiger partial charge is 0.508 e. The minimum absolute atomic E-state index is 0.00324. The first-order valence-corrected chi connectivity index (χ1v) is 9.62. The van der Waals surface area contributed by atoms with Gasteiger partial charge < -0.3 is 15.3 Å². The fourth-order valence-corrected chi connectivity index (χ4v) is 4.07. The number of carbonyl (C=O) groups is 2. The van der Waals surface area contributed by atoms with Gasteiger partial charge in [0.25, 0.3) is 0 Å². The van der Waals surface area contributed by atoms with Gasteiger partial charge in [0.15, 0.2) is 11.6 Å². The van der Waals surface area contributed by atoms with E-state index in [4.69, 9.17) is 0 Å². The third-order valence-corrected chi connectivity index (χ3v) is 5.50. The van der Waals surface area contributed by atoms with E-state index in [-0.39, 0.29) is 28.8 Å². The van der Waals surface area contributed by atoms with E-state index in [0.29, 0.717) is 16.7 Å². The fraction of sp³-hybridized carbons (Fsp3) is 0. The maximum Gasteiger partial charge on any atom is 0.194 e. The number of aromatic hydroxyl groups is 3. The van der Waals surface area contributed by atoms with Gasteiger partial charge >= 0.3 is 0 Å². The molecule has 0 saturated heterocycles. The van der Waals surface area contributed by atoms with Crippen molar-refractivity contribution in [1.29, 1.82) is 0 Å². The monoisotopic (exact) mass is 408 g/mol. The van der Waals surface area contributed by atoms with Crippen LogP contribution in [-0.4, -0.2) is 26.9 Å². The van der Waals surface area contributed by atoms with Gasteiger partial charge in [0.1, 0.15) is 17.2 Å². The van der Waals surface area contributed by atoms with Crippen molar-refractivity contribution in [2.24, 2.45) is 0 Å². The van der Waals surface area contributed by atoms with Gasteiger partial charge in [-0.3, -0.25) is 9.59 Å². The van der Waals surface area contributed by atoms with E-state index in [1.54, 1.807) is 36.4 Å². The molecular formula is C26H16O5. The fourth-order valence-electron chi connectivity index (χ4n) is 4.07.